The molecule has 0 spiro atoms. The van der Waals surface area contributed by atoms with Crippen LogP contribution in [0.4, 0.5) is 5.69 Å². The van der Waals surface area contributed by atoms with Crippen LogP contribution in [0, 0.1) is 0 Å². The Morgan fingerprint density at radius 3 is 2.26 bits per heavy atom. The number of rotatable bonds is 5. The van der Waals surface area contributed by atoms with Crippen LogP contribution in [0.25, 0.3) is 6.08 Å². The van der Waals surface area contributed by atoms with Crippen LogP contribution in [0.5, 0.6) is 5.75 Å². The lowest BCUT2D eigenvalue weighted by atomic mass is 10.1. The van der Waals surface area contributed by atoms with E-state index in [0.717, 1.165) is 5.56 Å². The Morgan fingerprint density at radius 2 is 1.58 bits per heavy atom. The molecule has 0 fully saturated rings. The largest absolute Gasteiger partial charge is 0.496 e. The van der Waals surface area contributed by atoms with Gasteiger partial charge in [0.1, 0.15) is 11.4 Å². The van der Waals surface area contributed by atoms with Crippen molar-refractivity contribution in [3.8, 4) is 5.75 Å². The van der Waals surface area contributed by atoms with Gasteiger partial charge in [0.2, 0.25) is 0 Å². The molecule has 3 aromatic carbocycles. The smallest absolute Gasteiger partial charge is 0.337 e. The molecule has 4 rings (SSSR count). The normalized spacial score (nSPS) is 14.5. The average Bonchev–Trinajstić information content (AvgIpc) is 3.15. The van der Waals surface area contributed by atoms with Crippen LogP contribution in [0.15, 0.2) is 89.6 Å². The molecule has 3 aromatic rings. The first-order chi connectivity index (χ1) is 15.1. The van der Waals surface area contributed by atoms with Gasteiger partial charge in [0.05, 0.1) is 31.0 Å². The van der Waals surface area contributed by atoms with E-state index in [1.807, 2.05) is 54.6 Å². The second-order valence-electron chi connectivity index (χ2n) is 6.75. The molecule has 0 N–H and O–H groups in total. The highest BCUT2D eigenvalue weighted by Crippen LogP contribution is 2.31. The molecule has 0 unspecified atom stereocenters. The van der Waals surface area contributed by atoms with E-state index < -0.39 is 5.97 Å². The average molecular weight is 412 g/mol. The molecule has 0 bridgehead atoms. The maximum absolute atomic E-state index is 13.3. The van der Waals surface area contributed by atoms with Crippen LogP contribution >= 0.6 is 0 Å². The van der Waals surface area contributed by atoms with Crippen molar-refractivity contribution in [3.63, 3.8) is 0 Å². The molecule has 0 aliphatic carbocycles. The molecule has 0 atom stereocenters. The summed E-state index contributed by atoms with van der Waals surface area (Å²) in [5, 5.41) is 0. The summed E-state index contributed by atoms with van der Waals surface area (Å²) in [6, 6.07) is 23.6. The minimum atomic E-state index is -0.414. The van der Waals surface area contributed by atoms with Crippen molar-refractivity contribution >= 4 is 29.5 Å². The molecule has 0 saturated heterocycles. The highest BCUT2D eigenvalue weighted by molar-refractivity contribution is 6.33. The fourth-order valence-electron chi connectivity index (χ4n) is 3.33. The van der Waals surface area contributed by atoms with E-state index >= 15 is 0 Å². The zero-order valence-corrected chi connectivity index (χ0v) is 17.1. The minimum Gasteiger partial charge on any atom is -0.496 e. The monoisotopic (exact) mass is 412 g/mol. The summed E-state index contributed by atoms with van der Waals surface area (Å²) in [4.78, 5) is 31.2. The fourth-order valence-corrected chi connectivity index (χ4v) is 3.33. The number of esters is 1. The van der Waals surface area contributed by atoms with Crippen molar-refractivity contribution in [2.45, 2.75) is 0 Å². The third-order valence-corrected chi connectivity index (χ3v) is 4.86. The molecule has 1 heterocycles. The Balaban J connectivity index is 1.79. The number of aliphatic imine (C=N–C) groups is 1. The number of carbonyl (C=O) groups is 2. The molecule has 154 valence electrons. The number of amidine groups is 1. The predicted octanol–water partition coefficient (Wildman–Crippen LogP) is 4.32. The van der Waals surface area contributed by atoms with E-state index in [9.17, 15) is 9.59 Å². The lowest BCUT2D eigenvalue weighted by Gasteiger charge is -2.19. The summed E-state index contributed by atoms with van der Waals surface area (Å²) in [5.74, 6) is 0.455. The van der Waals surface area contributed by atoms with Gasteiger partial charge >= 0.3 is 5.97 Å². The number of anilines is 1. The summed E-state index contributed by atoms with van der Waals surface area (Å²) >= 11 is 0. The molecule has 6 nitrogen and oxygen atoms in total. The van der Waals surface area contributed by atoms with Gasteiger partial charge in [-0.2, -0.15) is 0 Å². The van der Waals surface area contributed by atoms with E-state index in [0.29, 0.717) is 28.4 Å². The van der Waals surface area contributed by atoms with Gasteiger partial charge in [-0.1, -0.05) is 42.5 Å². The first-order valence-corrected chi connectivity index (χ1v) is 9.64. The quantitative estimate of drug-likeness (QED) is 0.462. The molecule has 1 aliphatic rings. The number of hydrogen-bond donors (Lipinski definition) is 0. The van der Waals surface area contributed by atoms with Crippen molar-refractivity contribution in [1.82, 2.24) is 0 Å². The lowest BCUT2D eigenvalue weighted by molar-refractivity contribution is -0.113. The summed E-state index contributed by atoms with van der Waals surface area (Å²) in [5.41, 5.74) is 2.89. The zero-order chi connectivity index (χ0) is 21.8. The third kappa shape index (κ3) is 3.96. The van der Waals surface area contributed by atoms with Crippen LogP contribution in [0.1, 0.15) is 21.5 Å². The van der Waals surface area contributed by atoms with Crippen molar-refractivity contribution in [3.05, 3.63) is 101 Å². The lowest BCUT2D eigenvalue weighted by Crippen LogP contribution is -2.32. The summed E-state index contributed by atoms with van der Waals surface area (Å²) < 4.78 is 10.2. The molecule has 0 radical (unpaired) electrons. The second kappa shape index (κ2) is 8.67. The van der Waals surface area contributed by atoms with E-state index in [1.54, 1.807) is 42.4 Å². The van der Waals surface area contributed by atoms with Crippen LogP contribution in [0.2, 0.25) is 0 Å². The molecular formula is C25H20N2O4. The summed E-state index contributed by atoms with van der Waals surface area (Å²) in [7, 11) is 2.92. The van der Waals surface area contributed by atoms with E-state index in [4.69, 9.17) is 9.47 Å². The third-order valence-electron chi connectivity index (χ3n) is 4.86. The van der Waals surface area contributed by atoms with Crippen LogP contribution < -0.4 is 9.64 Å². The van der Waals surface area contributed by atoms with Gasteiger partial charge in [0.25, 0.3) is 5.91 Å². The summed E-state index contributed by atoms with van der Waals surface area (Å²) in [6.07, 6.45) is 1.70. The Kier molecular flexibility index (Phi) is 5.62. The van der Waals surface area contributed by atoms with Crippen molar-refractivity contribution in [1.29, 1.82) is 0 Å². The number of benzene rings is 3. The van der Waals surface area contributed by atoms with Gasteiger partial charge in [-0.25, -0.2) is 9.79 Å². The topological polar surface area (TPSA) is 68.2 Å². The number of carbonyl (C=O) groups excluding carboxylic acids is 2. The minimum absolute atomic E-state index is 0.246. The SMILES string of the molecule is COC(=O)c1ccc(/C=C2/N=C(c3ccccc3OC)N(c3ccccc3)C2=O)cc1. The number of amides is 1. The van der Waals surface area contributed by atoms with Crippen molar-refractivity contribution in [2.75, 3.05) is 19.1 Å². The predicted molar refractivity (Wildman–Crippen MR) is 119 cm³/mol. The zero-order valence-electron chi connectivity index (χ0n) is 17.1. The molecule has 31 heavy (non-hydrogen) atoms. The maximum atomic E-state index is 13.3. The highest BCUT2D eigenvalue weighted by Gasteiger charge is 2.33. The first kappa shape index (κ1) is 20.1. The highest BCUT2D eigenvalue weighted by atomic mass is 16.5. The van der Waals surface area contributed by atoms with Crippen molar-refractivity contribution in [2.24, 2.45) is 4.99 Å². The van der Waals surface area contributed by atoms with Crippen LogP contribution in [-0.2, 0) is 9.53 Å². The number of methoxy groups -OCH3 is 2. The van der Waals surface area contributed by atoms with Gasteiger partial charge in [0.15, 0.2) is 5.84 Å². The molecule has 1 amide bonds. The van der Waals surface area contributed by atoms with Gasteiger partial charge in [-0.3, -0.25) is 9.69 Å². The molecule has 0 aromatic heterocycles. The fraction of sp³-hybridized carbons (Fsp3) is 0.0800. The number of para-hydroxylation sites is 2. The standard InChI is InChI=1S/C25H20N2O4/c1-30-22-11-7-6-10-20(22)23-26-21(24(28)27(23)19-8-4-3-5-9-19)16-17-12-14-18(15-13-17)25(29)31-2/h3-16H,1-2H3/b21-16+. The molecular weight excluding hydrogens is 392 g/mol. The van der Waals surface area contributed by atoms with E-state index in [-0.39, 0.29) is 11.6 Å². The summed E-state index contributed by atoms with van der Waals surface area (Å²) in [6.45, 7) is 0. The van der Waals surface area contributed by atoms with Gasteiger partial charge in [-0.15, -0.1) is 0 Å². The maximum Gasteiger partial charge on any atom is 0.337 e. The van der Waals surface area contributed by atoms with E-state index in [1.165, 1.54) is 7.11 Å². The van der Waals surface area contributed by atoms with Gasteiger partial charge in [-0.05, 0) is 48.0 Å². The Bertz CT molecular complexity index is 1180. The molecule has 6 heteroatoms. The Hall–Kier alpha value is -4.19. The van der Waals surface area contributed by atoms with Crippen LogP contribution in [0.3, 0.4) is 0 Å². The molecule has 1 aliphatic heterocycles. The van der Waals surface area contributed by atoms with Crippen molar-refractivity contribution < 1.29 is 19.1 Å². The number of ether oxygens (including phenoxy) is 2. The van der Waals surface area contributed by atoms with Gasteiger partial charge < -0.3 is 9.47 Å². The Morgan fingerprint density at radius 1 is 0.903 bits per heavy atom. The van der Waals surface area contributed by atoms with Gasteiger partial charge in [0, 0.05) is 0 Å². The Labute approximate surface area is 180 Å². The van der Waals surface area contributed by atoms with E-state index in [2.05, 4.69) is 4.99 Å². The number of nitrogens with zero attached hydrogens (tertiary/aromatic N) is 2. The molecule has 0 saturated carbocycles. The second-order valence-corrected chi connectivity index (χ2v) is 6.75. The van der Waals surface area contributed by atoms with Crippen LogP contribution in [-0.4, -0.2) is 31.9 Å². The first-order valence-electron chi connectivity index (χ1n) is 9.64. The number of hydrogen-bond acceptors (Lipinski definition) is 5.